The number of hydrogen-bond donors (Lipinski definition) is 3. The van der Waals surface area contributed by atoms with Crippen LogP contribution >= 0.6 is 0 Å². The predicted molar refractivity (Wildman–Crippen MR) is 105 cm³/mol. The fourth-order valence-electron chi connectivity index (χ4n) is 2.57. The molecule has 0 bridgehead atoms. The van der Waals surface area contributed by atoms with Gasteiger partial charge in [0, 0.05) is 23.4 Å². The predicted octanol–water partition coefficient (Wildman–Crippen LogP) is 4.94. The van der Waals surface area contributed by atoms with Crippen molar-refractivity contribution in [1.29, 1.82) is 0 Å². The minimum Gasteiger partial charge on any atom is -0.508 e. The van der Waals surface area contributed by atoms with E-state index in [0.717, 1.165) is 12.8 Å². The summed E-state index contributed by atoms with van der Waals surface area (Å²) in [5.74, 6) is -0.0965. The molecule has 0 spiro atoms. The highest BCUT2D eigenvalue weighted by Crippen LogP contribution is 2.16. The van der Waals surface area contributed by atoms with E-state index in [4.69, 9.17) is 0 Å². The van der Waals surface area contributed by atoms with Crippen LogP contribution in [-0.2, 0) is 4.79 Å². The van der Waals surface area contributed by atoms with Crippen LogP contribution < -0.4 is 10.6 Å². The standard InChI is InChI=1S/C21H26N2O3/c1-2-3-4-5-6-7-20(25)22-17-10-8-16(9-11-17)21(26)23-18-12-14-19(24)15-13-18/h8-15,24H,2-7H2,1H3,(H,22,25)(H,23,26). The van der Waals surface area contributed by atoms with Gasteiger partial charge in [0.25, 0.3) is 5.91 Å². The molecule has 0 aliphatic heterocycles. The molecule has 2 amide bonds. The fourth-order valence-corrected chi connectivity index (χ4v) is 2.57. The molecule has 0 saturated heterocycles. The van der Waals surface area contributed by atoms with E-state index in [2.05, 4.69) is 17.6 Å². The number of amides is 2. The van der Waals surface area contributed by atoms with Crippen molar-refractivity contribution in [2.45, 2.75) is 45.4 Å². The van der Waals surface area contributed by atoms with Gasteiger partial charge >= 0.3 is 0 Å². The van der Waals surface area contributed by atoms with Gasteiger partial charge in [0.15, 0.2) is 0 Å². The van der Waals surface area contributed by atoms with E-state index >= 15 is 0 Å². The number of nitrogens with one attached hydrogen (secondary N) is 2. The third kappa shape index (κ3) is 6.59. The number of unbranched alkanes of at least 4 members (excludes halogenated alkanes) is 4. The first-order valence-electron chi connectivity index (χ1n) is 9.09. The summed E-state index contributed by atoms with van der Waals surface area (Å²) in [7, 11) is 0. The minimum atomic E-state index is -0.246. The second-order valence-electron chi connectivity index (χ2n) is 6.29. The molecule has 0 aromatic heterocycles. The first-order valence-corrected chi connectivity index (χ1v) is 9.09. The van der Waals surface area contributed by atoms with E-state index in [0.29, 0.717) is 23.4 Å². The molecule has 0 heterocycles. The zero-order valence-corrected chi connectivity index (χ0v) is 15.1. The molecule has 5 heteroatoms. The van der Waals surface area contributed by atoms with Crippen LogP contribution in [0, 0.1) is 0 Å². The molecule has 0 fully saturated rings. The average molecular weight is 354 g/mol. The van der Waals surface area contributed by atoms with E-state index in [9.17, 15) is 14.7 Å². The van der Waals surface area contributed by atoms with Gasteiger partial charge in [-0.05, 0) is 55.0 Å². The number of benzene rings is 2. The van der Waals surface area contributed by atoms with Crippen molar-refractivity contribution >= 4 is 23.2 Å². The summed E-state index contributed by atoms with van der Waals surface area (Å²) in [5.41, 5.74) is 1.79. The lowest BCUT2D eigenvalue weighted by Gasteiger charge is -2.08. The van der Waals surface area contributed by atoms with Crippen LogP contribution in [0.5, 0.6) is 5.75 Å². The van der Waals surface area contributed by atoms with Gasteiger partial charge in [-0.15, -0.1) is 0 Å². The maximum atomic E-state index is 12.2. The molecule has 0 saturated carbocycles. The molecular weight excluding hydrogens is 328 g/mol. The van der Waals surface area contributed by atoms with Crippen molar-refractivity contribution in [2.24, 2.45) is 0 Å². The number of phenols is 1. The number of anilines is 2. The highest BCUT2D eigenvalue weighted by Gasteiger charge is 2.07. The summed E-state index contributed by atoms with van der Waals surface area (Å²) in [6, 6.07) is 13.1. The monoisotopic (exact) mass is 354 g/mol. The van der Waals surface area contributed by atoms with Gasteiger partial charge in [0.1, 0.15) is 5.75 Å². The third-order valence-electron chi connectivity index (χ3n) is 4.06. The number of rotatable bonds is 9. The highest BCUT2D eigenvalue weighted by molar-refractivity contribution is 6.04. The summed E-state index contributed by atoms with van der Waals surface area (Å²) < 4.78 is 0. The van der Waals surface area contributed by atoms with Crippen molar-refractivity contribution in [2.75, 3.05) is 10.6 Å². The molecule has 26 heavy (non-hydrogen) atoms. The zero-order valence-electron chi connectivity index (χ0n) is 15.1. The number of hydrogen-bond acceptors (Lipinski definition) is 3. The molecule has 0 aliphatic rings. The smallest absolute Gasteiger partial charge is 0.255 e. The lowest BCUT2D eigenvalue weighted by atomic mass is 10.1. The Labute approximate surface area is 154 Å². The van der Waals surface area contributed by atoms with Crippen molar-refractivity contribution < 1.29 is 14.7 Å². The SMILES string of the molecule is CCCCCCCC(=O)Nc1ccc(C(=O)Nc2ccc(O)cc2)cc1. The van der Waals surface area contributed by atoms with Crippen molar-refractivity contribution in [3.63, 3.8) is 0 Å². The van der Waals surface area contributed by atoms with E-state index in [1.807, 2.05) is 0 Å². The molecule has 2 aromatic rings. The number of carbonyl (C=O) groups is 2. The van der Waals surface area contributed by atoms with Crippen molar-refractivity contribution in [3.05, 3.63) is 54.1 Å². The Bertz CT molecular complexity index is 709. The molecule has 0 aliphatic carbocycles. The van der Waals surface area contributed by atoms with Gasteiger partial charge in [-0.1, -0.05) is 32.6 Å². The Morgan fingerprint density at radius 3 is 2.04 bits per heavy atom. The Hall–Kier alpha value is -2.82. The van der Waals surface area contributed by atoms with Crippen LogP contribution in [0.1, 0.15) is 55.8 Å². The molecular formula is C21H26N2O3. The molecule has 0 radical (unpaired) electrons. The summed E-state index contributed by atoms with van der Waals surface area (Å²) in [5, 5.41) is 14.9. The van der Waals surface area contributed by atoms with Crippen molar-refractivity contribution in [3.8, 4) is 5.75 Å². The highest BCUT2D eigenvalue weighted by atomic mass is 16.3. The molecule has 0 unspecified atom stereocenters. The number of carbonyl (C=O) groups excluding carboxylic acids is 2. The van der Waals surface area contributed by atoms with Crippen LogP contribution in [0.15, 0.2) is 48.5 Å². The minimum absolute atomic E-state index is 0.00259. The third-order valence-corrected chi connectivity index (χ3v) is 4.06. The molecule has 138 valence electrons. The van der Waals surface area contributed by atoms with Gasteiger partial charge in [0.05, 0.1) is 0 Å². The maximum Gasteiger partial charge on any atom is 0.255 e. The van der Waals surface area contributed by atoms with Crippen LogP contribution in [-0.4, -0.2) is 16.9 Å². The lowest BCUT2D eigenvalue weighted by Crippen LogP contribution is -2.13. The maximum absolute atomic E-state index is 12.2. The van der Waals surface area contributed by atoms with E-state index in [1.165, 1.54) is 31.4 Å². The van der Waals surface area contributed by atoms with Gasteiger partial charge in [0.2, 0.25) is 5.91 Å². The van der Waals surface area contributed by atoms with Crippen molar-refractivity contribution in [1.82, 2.24) is 0 Å². The first-order chi connectivity index (χ1) is 12.6. The topological polar surface area (TPSA) is 78.4 Å². The van der Waals surface area contributed by atoms with Gasteiger partial charge in [-0.2, -0.15) is 0 Å². The molecule has 2 rings (SSSR count). The molecule has 3 N–H and O–H groups in total. The lowest BCUT2D eigenvalue weighted by molar-refractivity contribution is -0.116. The summed E-state index contributed by atoms with van der Waals surface area (Å²) in [4.78, 5) is 24.1. The summed E-state index contributed by atoms with van der Waals surface area (Å²) >= 11 is 0. The normalized spacial score (nSPS) is 10.3. The average Bonchev–Trinajstić information content (AvgIpc) is 2.64. The Balaban J connectivity index is 1.80. The van der Waals surface area contributed by atoms with Gasteiger partial charge in [-0.25, -0.2) is 0 Å². The fraction of sp³-hybridized carbons (Fsp3) is 0.333. The van der Waals surface area contributed by atoms with Crippen LogP contribution in [0.3, 0.4) is 0 Å². The largest absolute Gasteiger partial charge is 0.508 e. The van der Waals surface area contributed by atoms with E-state index in [-0.39, 0.29) is 17.6 Å². The Kier molecular flexibility index (Phi) is 7.68. The Morgan fingerprint density at radius 1 is 0.808 bits per heavy atom. The molecule has 2 aromatic carbocycles. The number of phenolic OH excluding ortho intramolecular Hbond substituents is 1. The van der Waals surface area contributed by atoms with Gasteiger partial charge in [-0.3, -0.25) is 9.59 Å². The molecule has 0 atom stereocenters. The van der Waals surface area contributed by atoms with E-state index < -0.39 is 0 Å². The van der Waals surface area contributed by atoms with Crippen LogP contribution in [0.2, 0.25) is 0 Å². The second-order valence-corrected chi connectivity index (χ2v) is 6.29. The summed E-state index contributed by atoms with van der Waals surface area (Å²) in [6.07, 6.45) is 6.09. The first kappa shape index (κ1) is 19.5. The van der Waals surface area contributed by atoms with E-state index in [1.54, 1.807) is 36.4 Å². The number of aromatic hydroxyl groups is 1. The zero-order chi connectivity index (χ0) is 18.8. The van der Waals surface area contributed by atoms with Crippen LogP contribution in [0.25, 0.3) is 0 Å². The van der Waals surface area contributed by atoms with Crippen LogP contribution in [0.4, 0.5) is 11.4 Å². The van der Waals surface area contributed by atoms with Gasteiger partial charge < -0.3 is 15.7 Å². The Morgan fingerprint density at radius 2 is 1.38 bits per heavy atom. The summed E-state index contributed by atoms with van der Waals surface area (Å²) in [6.45, 7) is 2.17. The molecule has 5 nitrogen and oxygen atoms in total. The second kappa shape index (κ2) is 10.2. The quantitative estimate of drug-likeness (QED) is 0.441.